The molecule has 0 amide bonds. The van der Waals surface area contributed by atoms with Gasteiger partial charge < -0.3 is 5.11 Å². The first-order valence-corrected chi connectivity index (χ1v) is 8.12. The molecule has 0 aliphatic rings. The normalized spacial score (nSPS) is 12.3. The first kappa shape index (κ1) is 17.6. The highest BCUT2D eigenvalue weighted by atomic mass is 16.3. The molecule has 0 bridgehead atoms. The Hall–Kier alpha value is -1.72. The highest BCUT2D eigenvalue weighted by Gasteiger charge is 2.17. The van der Waals surface area contributed by atoms with E-state index in [0.29, 0.717) is 12.2 Å². The van der Waals surface area contributed by atoms with Crippen molar-refractivity contribution in [3.05, 3.63) is 46.0 Å². The second-order valence-electron chi connectivity index (χ2n) is 7.29. The number of aliphatic hydroxyl groups excluding tert-OH is 1. The van der Waals surface area contributed by atoms with Crippen molar-refractivity contribution in [2.45, 2.75) is 40.7 Å². The quantitative estimate of drug-likeness (QED) is 0.887. The smallest absolute Gasteiger partial charge is 0.258 e. The van der Waals surface area contributed by atoms with E-state index in [9.17, 15) is 4.79 Å². The van der Waals surface area contributed by atoms with E-state index in [4.69, 9.17) is 5.11 Å². The van der Waals surface area contributed by atoms with Gasteiger partial charge in [-0.15, -0.1) is 0 Å². The molecule has 126 valence electrons. The maximum atomic E-state index is 12.4. The summed E-state index contributed by atoms with van der Waals surface area (Å²) in [6.45, 7) is 10.9. The molecule has 0 saturated heterocycles. The lowest BCUT2D eigenvalue weighted by Crippen LogP contribution is -2.34. The van der Waals surface area contributed by atoms with Crippen molar-refractivity contribution in [1.82, 2.24) is 14.3 Å². The fraction of sp³-hybridized carbons (Fsp3) is 0.556. The maximum Gasteiger partial charge on any atom is 0.258 e. The van der Waals surface area contributed by atoms with Crippen LogP contribution in [0.1, 0.15) is 38.6 Å². The minimum absolute atomic E-state index is 0.0408. The molecule has 5 nitrogen and oxygen atoms in total. The minimum Gasteiger partial charge on any atom is -0.396 e. The summed E-state index contributed by atoms with van der Waals surface area (Å²) in [7, 11) is 0. The number of nitrogens with zero attached hydrogens (tertiary/aromatic N) is 3. The molecule has 0 unspecified atom stereocenters. The van der Waals surface area contributed by atoms with Crippen molar-refractivity contribution in [1.29, 1.82) is 0 Å². The molecule has 2 rings (SSSR count). The molecule has 2 aromatic heterocycles. The molecule has 0 spiro atoms. The van der Waals surface area contributed by atoms with Gasteiger partial charge in [-0.3, -0.25) is 14.1 Å². The summed E-state index contributed by atoms with van der Waals surface area (Å²) in [6, 6.07) is 7.30. The van der Waals surface area contributed by atoms with Gasteiger partial charge in [-0.2, -0.15) is 0 Å². The van der Waals surface area contributed by atoms with Gasteiger partial charge in [0.05, 0.1) is 5.69 Å². The van der Waals surface area contributed by atoms with E-state index in [0.717, 1.165) is 30.9 Å². The van der Waals surface area contributed by atoms with Crippen molar-refractivity contribution in [2.24, 2.45) is 5.41 Å². The van der Waals surface area contributed by atoms with Gasteiger partial charge in [0.25, 0.3) is 5.56 Å². The number of rotatable bonds is 6. The number of hydrogen-bond donors (Lipinski definition) is 1. The van der Waals surface area contributed by atoms with Gasteiger partial charge in [-0.1, -0.05) is 26.8 Å². The third kappa shape index (κ3) is 4.88. The summed E-state index contributed by atoms with van der Waals surface area (Å²) >= 11 is 0. The number of aryl methyl sites for hydroxylation is 1. The van der Waals surface area contributed by atoms with Gasteiger partial charge >= 0.3 is 0 Å². The van der Waals surface area contributed by atoms with Gasteiger partial charge in [-0.05, 0) is 30.9 Å². The van der Waals surface area contributed by atoms with E-state index in [1.807, 2.05) is 25.1 Å². The van der Waals surface area contributed by atoms with Crippen LogP contribution in [0, 0.1) is 12.3 Å². The summed E-state index contributed by atoms with van der Waals surface area (Å²) in [5.41, 5.74) is 2.46. The Bertz CT molecular complexity index is 716. The number of pyridine rings is 1. The molecule has 23 heavy (non-hydrogen) atoms. The molecule has 2 aromatic rings. The van der Waals surface area contributed by atoms with Gasteiger partial charge in [0.15, 0.2) is 0 Å². The van der Waals surface area contributed by atoms with Crippen LogP contribution in [0.3, 0.4) is 0 Å². The molecule has 0 saturated carbocycles. The first-order valence-electron chi connectivity index (χ1n) is 8.12. The average molecular weight is 317 g/mol. The topological polar surface area (TPSA) is 57.8 Å². The van der Waals surface area contributed by atoms with Gasteiger partial charge in [0, 0.05) is 38.0 Å². The predicted octanol–water partition coefficient (Wildman–Crippen LogP) is 2.23. The summed E-state index contributed by atoms with van der Waals surface area (Å²) in [4.78, 5) is 19.3. The molecular weight excluding hydrogens is 290 g/mol. The molecule has 1 N–H and O–H groups in total. The summed E-state index contributed by atoms with van der Waals surface area (Å²) in [6.07, 6.45) is 0.724. The predicted molar refractivity (Wildman–Crippen MR) is 92.6 cm³/mol. The van der Waals surface area contributed by atoms with Crippen LogP contribution in [0.15, 0.2) is 29.1 Å². The third-order valence-electron chi connectivity index (χ3n) is 3.65. The Kier molecular flexibility index (Phi) is 5.55. The Morgan fingerprint density at radius 1 is 1.30 bits per heavy atom. The largest absolute Gasteiger partial charge is 0.396 e. The Morgan fingerprint density at radius 3 is 2.70 bits per heavy atom. The molecule has 0 radical (unpaired) electrons. The Balaban J connectivity index is 2.29. The molecule has 0 atom stereocenters. The van der Waals surface area contributed by atoms with Crippen LogP contribution >= 0.6 is 0 Å². The van der Waals surface area contributed by atoms with E-state index < -0.39 is 0 Å². The van der Waals surface area contributed by atoms with Gasteiger partial charge in [0.1, 0.15) is 5.65 Å². The van der Waals surface area contributed by atoms with Crippen LogP contribution in [0.5, 0.6) is 0 Å². The van der Waals surface area contributed by atoms with Crippen LogP contribution in [0.4, 0.5) is 0 Å². The first-order chi connectivity index (χ1) is 10.8. The lowest BCUT2D eigenvalue weighted by Gasteiger charge is -2.29. The molecule has 0 aliphatic heterocycles. The number of aliphatic hydroxyl groups is 1. The maximum absolute atomic E-state index is 12.4. The van der Waals surface area contributed by atoms with Crippen molar-refractivity contribution in [2.75, 3.05) is 19.7 Å². The average Bonchev–Trinajstić information content (AvgIpc) is 2.43. The molecule has 0 aromatic carbocycles. The number of hydrogen-bond acceptors (Lipinski definition) is 4. The lowest BCUT2D eigenvalue weighted by molar-refractivity contribution is 0.164. The van der Waals surface area contributed by atoms with Crippen LogP contribution < -0.4 is 5.56 Å². The minimum atomic E-state index is -0.0408. The Labute approximate surface area is 137 Å². The number of fused-ring (bicyclic) bond motifs is 1. The zero-order valence-electron chi connectivity index (χ0n) is 14.5. The third-order valence-corrected chi connectivity index (χ3v) is 3.65. The van der Waals surface area contributed by atoms with E-state index in [1.165, 1.54) is 0 Å². The van der Waals surface area contributed by atoms with E-state index in [-0.39, 0.29) is 17.6 Å². The van der Waals surface area contributed by atoms with Crippen LogP contribution in [-0.2, 0) is 6.54 Å². The fourth-order valence-corrected chi connectivity index (χ4v) is 2.85. The van der Waals surface area contributed by atoms with Crippen LogP contribution in [-0.4, -0.2) is 39.1 Å². The monoisotopic (exact) mass is 317 g/mol. The van der Waals surface area contributed by atoms with Crippen molar-refractivity contribution in [3.63, 3.8) is 0 Å². The SMILES string of the molecule is Cc1cccc2nc(CN(CCCO)CC(C)(C)C)cc(=O)n12. The van der Waals surface area contributed by atoms with Crippen LogP contribution in [0.25, 0.3) is 5.65 Å². The highest BCUT2D eigenvalue weighted by molar-refractivity contribution is 5.40. The van der Waals surface area contributed by atoms with Crippen molar-refractivity contribution < 1.29 is 5.11 Å². The Morgan fingerprint density at radius 2 is 2.04 bits per heavy atom. The molecule has 5 heteroatoms. The van der Waals surface area contributed by atoms with Crippen LogP contribution in [0.2, 0.25) is 0 Å². The van der Waals surface area contributed by atoms with Crippen molar-refractivity contribution >= 4 is 5.65 Å². The molecule has 2 heterocycles. The van der Waals surface area contributed by atoms with E-state index >= 15 is 0 Å². The highest BCUT2D eigenvalue weighted by Crippen LogP contribution is 2.17. The van der Waals surface area contributed by atoms with Gasteiger partial charge in [0.2, 0.25) is 0 Å². The second kappa shape index (κ2) is 7.23. The summed E-state index contributed by atoms with van der Waals surface area (Å²) < 4.78 is 1.63. The molecule has 0 fully saturated rings. The summed E-state index contributed by atoms with van der Waals surface area (Å²) in [5, 5.41) is 9.10. The van der Waals surface area contributed by atoms with Gasteiger partial charge in [-0.25, -0.2) is 4.98 Å². The standard InChI is InChI=1S/C18H27N3O2/c1-14-7-5-8-16-19-15(11-17(23)21(14)16)12-20(9-6-10-22)13-18(2,3)4/h5,7-8,11,22H,6,9-10,12-13H2,1-4H3. The molecular formula is C18H27N3O2. The fourth-order valence-electron chi connectivity index (χ4n) is 2.85. The second-order valence-corrected chi connectivity index (χ2v) is 7.29. The van der Waals surface area contributed by atoms with E-state index in [2.05, 4.69) is 30.7 Å². The number of aromatic nitrogens is 2. The zero-order chi connectivity index (χ0) is 17.0. The summed E-state index contributed by atoms with van der Waals surface area (Å²) in [5.74, 6) is 0. The molecule has 0 aliphatic carbocycles. The lowest BCUT2D eigenvalue weighted by atomic mass is 9.96. The van der Waals surface area contributed by atoms with Crippen molar-refractivity contribution in [3.8, 4) is 0 Å². The zero-order valence-corrected chi connectivity index (χ0v) is 14.5. The van der Waals surface area contributed by atoms with E-state index in [1.54, 1.807) is 10.5 Å².